The molecule has 1 fully saturated rings. The van der Waals surface area contributed by atoms with E-state index in [-0.39, 0.29) is 0 Å². The summed E-state index contributed by atoms with van der Waals surface area (Å²) < 4.78 is 28.5. The zero-order valence-corrected chi connectivity index (χ0v) is 14.8. The third kappa shape index (κ3) is 3.18. The molecule has 0 N–H and O–H groups in total. The summed E-state index contributed by atoms with van der Waals surface area (Å²) in [4.78, 5) is 2.37. The van der Waals surface area contributed by atoms with E-state index in [0.717, 1.165) is 5.82 Å². The molecule has 1 aliphatic heterocycles. The third-order valence-electron chi connectivity index (χ3n) is 4.32. The van der Waals surface area contributed by atoms with Crippen molar-refractivity contribution in [1.29, 1.82) is 0 Å². The van der Waals surface area contributed by atoms with Gasteiger partial charge in [-0.25, -0.2) is 13.1 Å². The number of hydrogen-bond donors (Lipinski definition) is 0. The van der Waals surface area contributed by atoms with Crippen molar-refractivity contribution in [3.63, 3.8) is 0 Å². The smallest absolute Gasteiger partial charge is 0.243 e. The molecule has 0 aliphatic carbocycles. The van der Waals surface area contributed by atoms with Gasteiger partial charge in [0.2, 0.25) is 10.0 Å². The van der Waals surface area contributed by atoms with E-state index >= 15 is 0 Å². The number of aromatic nitrogens is 4. The van der Waals surface area contributed by atoms with Gasteiger partial charge in [-0.1, -0.05) is 18.2 Å². The highest BCUT2D eigenvalue weighted by molar-refractivity contribution is 7.89. The van der Waals surface area contributed by atoms with Crippen LogP contribution in [0.3, 0.4) is 0 Å². The fourth-order valence-electron chi connectivity index (χ4n) is 2.91. The Bertz CT molecular complexity index is 950. The molecular formula is C17H18N6O2S. The lowest BCUT2D eigenvalue weighted by atomic mass is 10.3. The van der Waals surface area contributed by atoms with Crippen molar-refractivity contribution < 1.29 is 8.42 Å². The Labute approximate surface area is 151 Å². The molecule has 0 saturated carbocycles. The molecule has 3 aromatic rings. The van der Waals surface area contributed by atoms with Crippen molar-refractivity contribution in [2.45, 2.75) is 4.90 Å². The van der Waals surface area contributed by atoms with Crippen LogP contribution in [0, 0.1) is 0 Å². The lowest BCUT2D eigenvalue weighted by molar-refractivity contribution is 0.383. The van der Waals surface area contributed by atoms with Crippen molar-refractivity contribution in [3.8, 4) is 5.82 Å². The van der Waals surface area contributed by atoms with Gasteiger partial charge in [0.15, 0.2) is 11.6 Å². The molecule has 4 rings (SSSR count). The van der Waals surface area contributed by atoms with Crippen LogP contribution < -0.4 is 4.90 Å². The predicted octanol–water partition coefficient (Wildman–Crippen LogP) is 1.17. The van der Waals surface area contributed by atoms with E-state index in [2.05, 4.69) is 15.3 Å². The Morgan fingerprint density at radius 2 is 1.50 bits per heavy atom. The summed E-state index contributed by atoms with van der Waals surface area (Å²) in [6, 6.07) is 14.1. The minimum atomic E-state index is -3.44. The fraction of sp³-hybridized carbons (Fsp3) is 0.235. The first-order valence-corrected chi connectivity index (χ1v) is 9.72. The summed E-state index contributed by atoms with van der Waals surface area (Å²) >= 11 is 0. The quantitative estimate of drug-likeness (QED) is 0.686. The highest BCUT2D eigenvalue weighted by Gasteiger charge is 2.28. The zero-order chi connectivity index (χ0) is 18.0. The number of nitrogens with zero attached hydrogens (tertiary/aromatic N) is 6. The summed E-state index contributed by atoms with van der Waals surface area (Å²) in [5.41, 5.74) is 0. The SMILES string of the molecule is O=S(=O)(c1ccccc1)N1CCN(c2ccc(-n3cccn3)nn2)CC1. The number of piperazine rings is 1. The van der Waals surface area contributed by atoms with Gasteiger partial charge < -0.3 is 4.90 Å². The van der Waals surface area contributed by atoms with Crippen LogP contribution in [0.2, 0.25) is 0 Å². The van der Waals surface area contributed by atoms with Gasteiger partial charge in [-0.3, -0.25) is 0 Å². The Balaban J connectivity index is 1.44. The fourth-order valence-corrected chi connectivity index (χ4v) is 4.36. The highest BCUT2D eigenvalue weighted by Crippen LogP contribution is 2.19. The van der Waals surface area contributed by atoms with Gasteiger partial charge in [0.25, 0.3) is 0 Å². The molecule has 0 spiro atoms. The highest BCUT2D eigenvalue weighted by atomic mass is 32.2. The molecule has 1 aliphatic rings. The first-order chi connectivity index (χ1) is 12.6. The minimum absolute atomic E-state index is 0.330. The number of anilines is 1. The van der Waals surface area contributed by atoms with Gasteiger partial charge in [0, 0.05) is 38.6 Å². The van der Waals surface area contributed by atoms with E-state index in [4.69, 9.17) is 0 Å². The molecule has 9 heteroatoms. The van der Waals surface area contributed by atoms with E-state index in [1.165, 1.54) is 4.31 Å². The van der Waals surface area contributed by atoms with Gasteiger partial charge in [0.05, 0.1) is 4.90 Å². The van der Waals surface area contributed by atoms with E-state index < -0.39 is 10.0 Å². The van der Waals surface area contributed by atoms with Crippen LogP contribution in [-0.2, 0) is 10.0 Å². The van der Waals surface area contributed by atoms with Crippen molar-refractivity contribution >= 4 is 15.8 Å². The van der Waals surface area contributed by atoms with Crippen LogP contribution in [0.1, 0.15) is 0 Å². The minimum Gasteiger partial charge on any atom is -0.352 e. The van der Waals surface area contributed by atoms with Crippen molar-refractivity contribution in [3.05, 3.63) is 60.9 Å². The number of hydrogen-bond acceptors (Lipinski definition) is 6. The summed E-state index contributed by atoms with van der Waals surface area (Å²) in [5, 5.41) is 12.6. The molecule has 1 saturated heterocycles. The molecule has 0 bridgehead atoms. The predicted molar refractivity (Wildman–Crippen MR) is 96.6 cm³/mol. The molecule has 1 aromatic carbocycles. The monoisotopic (exact) mass is 370 g/mol. The molecular weight excluding hydrogens is 352 g/mol. The van der Waals surface area contributed by atoms with Gasteiger partial charge >= 0.3 is 0 Å². The summed E-state index contributed by atoms with van der Waals surface area (Å²) in [5.74, 6) is 1.38. The van der Waals surface area contributed by atoms with Gasteiger partial charge in [-0.15, -0.1) is 10.2 Å². The topological polar surface area (TPSA) is 84.2 Å². The number of sulfonamides is 1. The van der Waals surface area contributed by atoms with Gasteiger partial charge in [0.1, 0.15) is 0 Å². The summed E-state index contributed by atoms with van der Waals surface area (Å²) in [6.45, 7) is 1.98. The van der Waals surface area contributed by atoms with Crippen molar-refractivity contribution in [2.24, 2.45) is 0 Å². The molecule has 134 valence electrons. The Kier molecular flexibility index (Phi) is 4.39. The number of benzene rings is 1. The zero-order valence-electron chi connectivity index (χ0n) is 14.0. The normalized spacial score (nSPS) is 15.9. The molecule has 26 heavy (non-hydrogen) atoms. The first kappa shape index (κ1) is 16.7. The lowest BCUT2D eigenvalue weighted by Gasteiger charge is -2.34. The lowest BCUT2D eigenvalue weighted by Crippen LogP contribution is -2.49. The molecule has 2 aromatic heterocycles. The molecule has 0 radical (unpaired) electrons. The second kappa shape index (κ2) is 6.85. The van der Waals surface area contributed by atoms with Crippen LogP contribution in [0.15, 0.2) is 65.8 Å². The van der Waals surface area contributed by atoms with Crippen molar-refractivity contribution in [1.82, 2.24) is 24.3 Å². The maximum atomic E-state index is 12.7. The summed E-state index contributed by atoms with van der Waals surface area (Å²) in [7, 11) is -3.44. The van der Waals surface area contributed by atoms with Crippen LogP contribution in [-0.4, -0.2) is 58.9 Å². The molecule has 8 nitrogen and oxygen atoms in total. The largest absolute Gasteiger partial charge is 0.352 e. The van der Waals surface area contributed by atoms with Gasteiger partial charge in [-0.2, -0.15) is 9.40 Å². The van der Waals surface area contributed by atoms with E-state index in [1.54, 1.807) is 41.3 Å². The average molecular weight is 370 g/mol. The Hall–Kier alpha value is -2.78. The van der Waals surface area contributed by atoms with Crippen molar-refractivity contribution in [2.75, 3.05) is 31.1 Å². The van der Waals surface area contributed by atoms with Crippen LogP contribution in [0.4, 0.5) is 5.82 Å². The molecule has 0 atom stereocenters. The second-order valence-electron chi connectivity index (χ2n) is 5.90. The third-order valence-corrected chi connectivity index (χ3v) is 6.23. The average Bonchev–Trinajstić information content (AvgIpc) is 3.24. The van der Waals surface area contributed by atoms with E-state index in [1.807, 2.05) is 29.2 Å². The molecule has 0 unspecified atom stereocenters. The van der Waals surface area contributed by atoms with Gasteiger partial charge in [-0.05, 0) is 30.3 Å². The first-order valence-electron chi connectivity index (χ1n) is 8.28. The van der Waals surface area contributed by atoms with E-state index in [0.29, 0.717) is 36.9 Å². The van der Waals surface area contributed by atoms with Crippen LogP contribution >= 0.6 is 0 Å². The Morgan fingerprint density at radius 3 is 2.12 bits per heavy atom. The standard InChI is InChI=1S/C17H18N6O2S/c24-26(25,15-5-2-1-3-6-15)22-13-11-21(12-14-22)16-7-8-17(20-19-16)23-10-4-9-18-23/h1-10H,11-14H2. The maximum Gasteiger partial charge on any atom is 0.243 e. The maximum absolute atomic E-state index is 12.7. The molecule has 0 amide bonds. The second-order valence-corrected chi connectivity index (χ2v) is 7.84. The summed E-state index contributed by atoms with van der Waals surface area (Å²) in [6.07, 6.45) is 3.49. The van der Waals surface area contributed by atoms with Crippen LogP contribution in [0.5, 0.6) is 0 Å². The van der Waals surface area contributed by atoms with Crippen LogP contribution in [0.25, 0.3) is 5.82 Å². The molecule has 3 heterocycles. The van der Waals surface area contributed by atoms with E-state index in [9.17, 15) is 8.42 Å². The Morgan fingerprint density at radius 1 is 0.808 bits per heavy atom. The number of rotatable bonds is 4.